The van der Waals surface area contributed by atoms with E-state index < -0.39 is 0 Å². The lowest BCUT2D eigenvalue weighted by Crippen LogP contribution is -1.98. The fourth-order valence-corrected chi connectivity index (χ4v) is 1.60. The van der Waals surface area contributed by atoms with E-state index in [0.717, 1.165) is 25.6 Å². The van der Waals surface area contributed by atoms with Gasteiger partial charge >= 0.3 is 0 Å². The largest absolute Gasteiger partial charge is 0.381 e. The van der Waals surface area contributed by atoms with E-state index in [1.807, 2.05) is 0 Å². The van der Waals surface area contributed by atoms with Crippen LogP contribution >= 0.6 is 0 Å². The fraction of sp³-hybridized carbons (Fsp3) is 0.900. The van der Waals surface area contributed by atoms with Crippen molar-refractivity contribution < 1.29 is 4.74 Å². The summed E-state index contributed by atoms with van der Waals surface area (Å²) in [7, 11) is 0. The first-order chi connectivity index (χ1) is 5.43. The van der Waals surface area contributed by atoms with E-state index in [0.29, 0.717) is 0 Å². The van der Waals surface area contributed by atoms with Crippen LogP contribution in [0.15, 0.2) is 0 Å². The monoisotopic (exact) mass is 155 g/mol. The van der Waals surface area contributed by atoms with Gasteiger partial charge in [-0.3, -0.25) is 0 Å². The highest BCUT2D eigenvalue weighted by atomic mass is 16.5. The van der Waals surface area contributed by atoms with Gasteiger partial charge in [-0.1, -0.05) is 32.6 Å². The van der Waals surface area contributed by atoms with Gasteiger partial charge in [-0.25, -0.2) is 0 Å². The summed E-state index contributed by atoms with van der Waals surface area (Å²) in [6.07, 6.45) is 7.81. The minimum atomic E-state index is 0.875. The predicted molar refractivity (Wildman–Crippen MR) is 47.4 cm³/mol. The predicted octanol–water partition coefficient (Wildman–Crippen LogP) is 2.81. The van der Waals surface area contributed by atoms with E-state index in [2.05, 4.69) is 6.92 Å². The van der Waals surface area contributed by atoms with Gasteiger partial charge in [0.2, 0.25) is 0 Å². The standard InChI is InChI=1S/C10H19O/c1-2-3-4-5-6-10-7-8-11-9-10/h10H,1-9H2. The molecule has 1 heterocycles. The molecular formula is C10H19O. The maximum Gasteiger partial charge on any atom is 0.0495 e. The van der Waals surface area contributed by atoms with Crippen molar-refractivity contribution in [2.45, 2.75) is 38.5 Å². The molecule has 1 radical (unpaired) electrons. The molecule has 0 amide bonds. The summed E-state index contributed by atoms with van der Waals surface area (Å²) >= 11 is 0. The maximum absolute atomic E-state index is 5.30. The van der Waals surface area contributed by atoms with E-state index in [4.69, 9.17) is 4.74 Å². The maximum atomic E-state index is 5.30. The van der Waals surface area contributed by atoms with Crippen LogP contribution in [0.2, 0.25) is 0 Å². The van der Waals surface area contributed by atoms with Gasteiger partial charge in [0.15, 0.2) is 0 Å². The van der Waals surface area contributed by atoms with Crippen molar-refractivity contribution in [1.82, 2.24) is 0 Å². The van der Waals surface area contributed by atoms with Gasteiger partial charge in [0, 0.05) is 13.2 Å². The lowest BCUT2D eigenvalue weighted by Gasteiger charge is -2.05. The molecule has 1 unspecified atom stereocenters. The van der Waals surface area contributed by atoms with Gasteiger partial charge < -0.3 is 4.74 Å². The van der Waals surface area contributed by atoms with Crippen molar-refractivity contribution in [3.63, 3.8) is 0 Å². The normalized spacial score (nSPS) is 24.3. The van der Waals surface area contributed by atoms with E-state index in [1.165, 1.54) is 32.1 Å². The highest BCUT2D eigenvalue weighted by Gasteiger charge is 2.14. The number of hydrogen-bond acceptors (Lipinski definition) is 1. The summed E-state index contributed by atoms with van der Waals surface area (Å²) in [6.45, 7) is 5.85. The summed E-state index contributed by atoms with van der Waals surface area (Å²) in [5.74, 6) is 0.875. The molecule has 1 nitrogen and oxygen atoms in total. The van der Waals surface area contributed by atoms with Crippen molar-refractivity contribution in [1.29, 1.82) is 0 Å². The van der Waals surface area contributed by atoms with Crippen LogP contribution < -0.4 is 0 Å². The van der Waals surface area contributed by atoms with Crippen molar-refractivity contribution >= 4 is 0 Å². The molecule has 65 valence electrons. The summed E-state index contributed by atoms with van der Waals surface area (Å²) in [4.78, 5) is 0. The second kappa shape index (κ2) is 5.59. The van der Waals surface area contributed by atoms with Crippen LogP contribution in [0, 0.1) is 12.8 Å². The fourth-order valence-electron chi connectivity index (χ4n) is 1.60. The number of rotatable bonds is 5. The SMILES string of the molecule is [CH2]CCCCCC1CCOC1. The number of ether oxygens (including phenoxy) is 1. The molecule has 1 fully saturated rings. The zero-order chi connectivity index (χ0) is 7.94. The third kappa shape index (κ3) is 3.76. The molecule has 0 bridgehead atoms. The average Bonchev–Trinajstić information content (AvgIpc) is 2.50. The zero-order valence-corrected chi connectivity index (χ0v) is 7.35. The number of unbranched alkanes of at least 4 members (excludes halogenated alkanes) is 3. The van der Waals surface area contributed by atoms with Crippen LogP contribution in [-0.2, 0) is 4.74 Å². The van der Waals surface area contributed by atoms with E-state index in [-0.39, 0.29) is 0 Å². The smallest absolute Gasteiger partial charge is 0.0495 e. The summed E-state index contributed by atoms with van der Waals surface area (Å²) in [5.41, 5.74) is 0. The zero-order valence-electron chi connectivity index (χ0n) is 7.35. The van der Waals surface area contributed by atoms with E-state index >= 15 is 0 Å². The third-order valence-corrected chi connectivity index (χ3v) is 2.39. The van der Waals surface area contributed by atoms with Gasteiger partial charge in [0.1, 0.15) is 0 Å². The molecule has 0 aromatic heterocycles. The highest BCUT2D eigenvalue weighted by molar-refractivity contribution is 4.63. The molecule has 0 N–H and O–H groups in total. The molecule has 1 atom stereocenters. The Morgan fingerprint density at radius 3 is 2.82 bits per heavy atom. The molecular weight excluding hydrogens is 136 g/mol. The van der Waals surface area contributed by atoms with Crippen LogP contribution in [0.25, 0.3) is 0 Å². The molecule has 0 saturated carbocycles. The molecule has 0 aromatic carbocycles. The molecule has 0 spiro atoms. The van der Waals surface area contributed by atoms with Crippen molar-refractivity contribution in [3.05, 3.63) is 6.92 Å². The minimum absolute atomic E-state index is 0.875. The molecule has 0 aliphatic carbocycles. The molecule has 1 rings (SSSR count). The molecule has 1 saturated heterocycles. The third-order valence-electron chi connectivity index (χ3n) is 2.39. The van der Waals surface area contributed by atoms with Crippen LogP contribution in [0.3, 0.4) is 0 Å². The Kier molecular flexibility index (Phi) is 4.60. The second-order valence-electron chi connectivity index (χ2n) is 3.43. The van der Waals surface area contributed by atoms with Crippen molar-refractivity contribution in [2.24, 2.45) is 5.92 Å². The summed E-state index contributed by atoms with van der Waals surface area (Å²) < 4.78 is 5.30. The summed E-state index contributed by atoms with van der Waals surface area (Å²) in [6, 6.07) is 0. The van der Waals surface area contributed by atoms with Crippen molar-refractivity contribution in [3.8, 4) is 0 Å². The van der Waals surface area contributed by atoms with Gasteiger partial charge in [0.25, 0.3) is 0 Å². The lowest BCUT2D eigenvalue weighted by molar-refractivity contribution is 0.183. The van der Waals surface area contributed by atoms with Gasteiger partial charge in [-0.05, 0) is 18.8 Å². The van der Waals surface area contributed by atoms with E-state index in [1.54, 1.807) is 0 Å². The molecule has 1 aliphatic heterocycles. The first kappa shape index (κ1) is 9.05. The lowest BCUT2D eigenvalue weighted by atomic mass is 10.0. The minimum Gasteiger partial charge on any atom is -0.381 e. The Balaban J connectivity index is 1.86. The van der Waals surface area contributed by atoms with Crippen LogP contribution in [0.4, 0.5) is 0 Å². The first-order valence-electron chi connectivity index (χ1n) is 4.80. The van der Waals surface area contributed by atoms with Crippen molar-refractivity contribution in [2.75, 3.05) is 13.2 Å². The Hall–Kier alpha value is -0.0400. The molecule has 1 heteroatoms. The second-order valence-corrected chi connectivity index (χ2v) is 3.43. The number of hydrogen-bond donors (Lipinski definition) is 0. The van der Waals surface area contributed by atoms with Gasteiger partial charge in [-0.15, -0.1) is 0 Å². The Labute approximate surface area is 70.1 Å². The Morgan fingerprint density at radius 2 is 2.18 bits per heavy atom. The van der Waals surface area contributed by atoms with Crippen LogP contribution in [-0.4, -0.2) is 13.2 Å². The van der Waals surface area contributed by atoms with Gasteiger partial charge in [-0.2, -0.15) is 0 Å². The first-order valence-corrected chi connectivity index (χ1v) is 4.80. The molecule has 1 aliphatic rings. The van der Waals surface area contributed by atoms with Gasteiger partial charge in [0.05, 0.1) is 0 Å². The average molecular weight is 155 g/mol. The summed E-state index contributed by atoms with van der Waals surface area (Å²) in [5, 5.41) is 0. The molecule has 0 aromatic rings. The Morgan fingerprint density at radius 1 is 1.27 bits per heavy atom. The quantitative estimate of drug-likeness (QED) is 0.555. The van der Waals surface area contributed by atoms with Crippen LogP contribution in [0.1, 0.15) is 38.5 Å². The highest BCUT2D eigenvalue weighted by Crippen LogP contribution is 2.19. The topological polar surface area (TPSA) is 9.23 Å². The molecule has 11 heavy (non-hydrogen) atoms. The van der Waals surface area contributed by atoms with E-state index in [9.17, 15) is 0 Å². The van der Waals surface area contributed by atoms with Crippen LogP contribution in [0.5, 0.6) is 0 Å². The Bertz CT molecular complexity index is 84.9.